The van der Waals surface area contributed by atoms with Crippen LogP contribution in [0.2, 0.25) is 0 Å². The lowest BCUT2D eigenvalue weighted by molar-refractivity contribution is 0.612. The van der Waals surface area contributed by atoms with Crippen LogP contribution in [-0.4, -0.2) is 4.98 Å². The summed E-state index contributed by atoms with van der Waals surface area (Å²) < 4.78 is 13.0. The van der Waals surface area contributed by atoms with Gasteiger partial charge in [0.25, 0.3) is 0 Å². The normalized spacial score (nSPS) is 11.8. The van der Waals surface area contributed by atoms with Gasteiger partial charge in [-0.25, -0.2) is 9.37 Å². The molecule has 0 radical (unpaired) electrons. The molecule has 0 spiro atoms. The van der Waals surface area contributed by atoms with E-state index in [1.807, 2.05) is 0 Å². The lowest BCUT2D eigenvalue weighted by Gasteiger charge is -2.05. The monoisotopic (exact) mass is 177 g/mol. The maximum atomic E-state index is 13.0. The Morgan fingerprint density at radius 3 is 2.92 bits per heavy atom. The van der Waals surface area contributed by atoms with Crippen molar-refractivity contribution in [3.8, 4) is 6.07 Å². The van der Waals surface area contributed by atoms with Crippen LogP contribution in [-0.2, 0) is 0 Å². The molecule has 13 heavy (non-hydrogen) atoms. The minimum atomic E-state index is -0.655. The summed E-state index contributed by atoms with van der Waals surface area (Å²) in [6, 6.07) is 2.37. The molecule has 1 heterocycles. The highest BCUT2D eigenvalue weighted by Gasteiger charge is 2.07. The molecule has 0 saturated carbocycles. The van der Waals surface area contributed by atoms with Gasteiger partial charge in [-0.05, 0) is 11.6 Å². The van der Waals surface area contributed by atoms with E-state index < -0.39 is 11.9 Å². The number of hydrogen-bond donors (Lipinski definition) is 1. The average molecular weight is 177 g/mol. The van der Waals surface area contributed by atoms with Crippen molar-refractivity contribution in [2.24, 2.45) is 5.73 Å². The van der Waals surface area contributed by atoms with Crippen LogP contribution in [0.25, 0.3) is 0 Å². The Hall–Kier alpha value is -1.73. The lowest BCUT2D eigenvalue weighted by atomic mass is 10.1. The van der Waals surface area contributed by atoms with Gasteiger partial charge in [0.15, 0.2) is 11.5 Å². The van der Waals surface area contributed by atoms with Gasteiger partial charge in [-0.1, -0.05) is 6.08 Å². The summed E-state index contributed by atoms with van der Waals surface area (Å²) in [7, 11) is 0. The Labute approximate surface area is 75.3 Å². The van der Waals surface area contributed by atoms with Gasteiger partial charge in [0.05, 0.1) is 0 Å². The Bertz CT molecular complexity index is 368. The minimum Gasteiger partial charge on any atom is -0.321 e. The largest absolute Gasteiger partial charge is 0.321 e. The molecule has 1 aromatic rings. The first-order chi connectivity index (χ1) is 6.19. The van der Waals surface area contributed by atoms with Crippen molar-refractivity contribution in [2.75, 3.05) is 0 Å². The third kappa shape index (κ3) is 1.89. The average Bonchev–Trinajstić information content (AvgIpc) is 2.16. The first-order valence-corrected chi connectivity index (χ1v) is 3.62. The van der Waals surface area contributed by atoms with Crippen molar-refractivity contribution in [3.63, 3.8) is 0 Å². The predicted octanol–water partition coefficient (Wildman–Crippen LogP) is 1.28. The maximum Gasteiger partial charge on any atom is 0.176 e. The molecule has 1 atom stereocenters. The van der Waals surface area contributed by atoms with Crippen LogP contribution in [0.1, 0.15) is 17.3 Å². The second kappa shape index (κ2) is 3.78. The van der Waals surface area contributed by atoms with E-state index >= 15 is 0 Å². The highest BCUT2D eigenvalue weighted by Crippen LogP contribution is 2.12. The van der Waals surface area contributed by atoms with E-state index in [0.717, 1.165) is 0 Å². The van der Waals surface area contributed by atoms with Gasteiger partial charge in [0, 0.05) is 12.2 Å². The van der Waals surface area contributed by atoms with Crippen molar-refractivity contribution >= 4 is 0 Å². The zero-order chi connectivity index (χ0) is 9.84. The standard InChI is InChI=1S/C9H8FN3/c1-2-8(12)6-3-7(10)9(4-11)13-5-6/h2-3,5,8H,1,12H2/t8-/m0/s1. The molecule has 0 unspecified atom stereocenters. The van der Waals surface area contributed by atoms with Crippen molar-refractivity contribution < 1.29 is 4.39 Å². The number of nitriles is 1. The predicted molar refractivity (Wildman–Crippen MR) is 46.0 cm³/mol. The SMILES string of the molecule is C=C[C@H](N)c1cnc(C#N)c(F)c1. The van der Waals surface area contributed by atoms with Gasteiger partial charge >= 0.3 is 0 Å². The molecule has 0 aromatic carbocycles. The zero-order valence-electron chi connectivity index (χ0n) is 6.87. The molecule has 66 valence electrons. The molecular weight excluding hydrogens is 169 g/mol. The summed E-state index contributed by atoms with van der Waals surface area (Å²) in [6.07, 6.45) is 2.84. The van der Waals surface area contributed by atoms with Crippen molar-refractivity contribution in [3.05, 3.63) is 42.0 Å². The van der Waals surface area contributed by atoms with E-state index in [2.05, 4.69) is 11.6 Å². The fraction of sp³-hybridized carbons (Fsp3) is 0.111. The van der Waals surface area contributed by atoms with Gasteiger partial charge in [0.1, 0.15) is 6.07 Å². The van der Waals surface area contributed by atoms with Crippen LogP contribution in [0.15, 0.2) is 24.9 Å². The molecule has 0 fully saturated rings. The molecule has 2 N–H and O–H groups in total. The van der Waals surface area contributed by atoms with E-state index in [-0.39, 0.29) is 5.69 Å². The van der Waals surface area contributed by atoms with Gasteiger partial charge in [-0.2, -0.15) is 5.26 Å². The Morgan fingerprint density at radius 1 is 1.77 bits per heavy atom. The van der Waals surface area contributed by atoms with Crippen molar-refractivity contribution in [2.45, 2.75) is 6.04 Å². The zero-order valence-corrected chi connectivity index (χ0v) is 6.87. The smallest absolute Gasteiger partial charge is 0.176 e. The Balaban J connectivity index is 3.11. The molecule has 1 rings (SSSR count). The molecule has 0 aliphatic carbocycles. The highest BCUT2D eigenvalue weighted by molar-refractivity contribution is 5.28. The Kier molecular flexibility index (Phi) is 2.72. The third-order valence-electron chi connectivity index (χ3n) is 1.61. The first-order valence-electron chi connectivity index (χ1n) is 3.62. The molecule has 0 aliphatic rings. The highest BCUT2D eigenvalue weighted by atomic mass is 19.1. The van der Waals surface area contributed by atoms with E-state index in [1.165, 1.54) is 18.3 Å². The molecule has 0 bridgehead atoms. The maximum absolute atomic E-state index is 13.0. The number of nitrogens with zero attached hydrogens (tertiary/aromatic N) is 2. The fourth-order valence-corrected chi connectivity index (χ4v) is 0.853. The first kappa shape index (κ1) is 9.36. The van der Waals surface area contributed by atoms with Crippen molar-refractivity contribution in [1.82, 2.24) is 4.98 Å². The van der Waals surface area contributed by atoms with E-state index in [9.17, 15) is 4.39 Å². The van der Waals surface area contributed by atoms with Crippen molar-refractivity contribution in [1.29, 1.82) is 5.26 Å². The van der Waals surface area contributed by atoms with Crippen LogP contribution < -0.4 is 5.73 Å². The fourth-order valence-electron chi connectivity index (χ4n) is 0.853. The molecule has 1 aromatic heterocycles. The summed E-state index contributed by atoms with van der Waals surface area (Å²) in [5.41, 5.74) is 5.83. The third-order valence-corrected chi connectivity index (χ3v) is 1.61. The topological polar surface area (TPSA) is 62.7 Å². The Morgan fingerprint density at radius 2 is 2.46 bits per heavy atom. The van der Waals surface area contributed by atoms with Crippen LogP contribution in [0.4, 0.5) is 4.39 Å². The van der Waals surface area contributed by atoms with Gasteiger partial charge in [-0.15, -0.1) is 6.58 Å². The molecular formula is C9H8FN3. The van der Waals surface area contributed by atoms with Gasteiger partial charge in [-0.3, -0.25) is 0 Å². The number of hydrogen-bond acceptors (Lipinski definition) is 3. The van der Waals surface area contributed by atoms with Crippen LogP contribution in [0, 0.1) is 17.1 Å². The van der Waals surface area contributed by atoms with E-state index in [1.54, 1.807) is 6.07 Å². The summed E-state index contributed by atoms with van der Waals surface area (Å²) in [5.74, 6) is -0.655. The second-order valence-electron chi connectivity index (χ2n) is 2.47. The summed E-state index contributed by atoms with van der Waals surface area (Å²) in [5, 5.41) is 8.40. The number of halogens is 1. The van der Waals surface area contributed by atoms with Gasteiger partial charge < -0.3 is 5.73 Å². The number of rotatable bonds is 2. The summed E-state index contributed by atoms with van der Waals surface area (Å²) in [6.45, 7) is 3.47. The molecule has 0 saturated heterocycles. The number of nitrogens with two attached hydrogens (primary N) is 1. The lowest BCUT2D eigenvalue weighted by Crippen LogP contribution is -2.08. The van der Waals surface area contributed by atoms with Crippen LogP contribution in [0.5, 0.6) is 0 Å². The number of aromatic nitrogens is 1. The van der Waals surface area contributed by atoms with E-state index in [0.29, 0.717) is 5.56 Å². The van der Waals surface area contributed by atoms with Gasteiger partial charge in [0.2, 0.25) is 0 Å². The summed E-state index contributed by atoms with van der Waals surface area (Å²) >= 11 is 0. The van der Waals surface area contributed by atoms with Crippen LogP contribution in [0.3, 0.4) is 0 Å². The molecule has 0 amide bonds. The van der Waals surface area contributed by atoms with Crippen LogP contribution >= 0.6 is 0 Å². The molecule has 0 aliphatic heterocycles. The summed E-state index contributed by atoms with van der Waals surface area (Å²) in [4.78, 5) is 3.60. The number of pyridine rings is 1. The molecule has 3 nitrogen and oxygen atoms in total. The quantitative estimate of drug-likeness (QED) is 0.692. The second-order valence-corrected chi connectivity index (χ2v) is 2.47. The molecule has 4 heteroatoms. The minimum absolute atomic E-state index is 0.222. The van der Waals surface area contributed by atoms with E-state index in [4.69, 9.17) is 11.0 Å².